The molecule has 4 aromatic rings. The van der Waals surface area contributed by atoms with Gasteiger partial charge >= 0.3 is 5.69 Å². The average molecular weight is 467 g/mol. The molecule has 4 rings (SSSR count). The SMILES string of the molecule is COc1ccc(NC(=O)Cn2c(=O)n(Cc3ccc(F)cc3)c(=O)c3nn(C)cc32)c(OC)c1. The molecule has 34 heavy (non-hydrogen) atoms. The van der Waals surface area contributed by atoms with Crippen LogP contribution in [0.4, 0.5) is 10.1 Å². The van der Waals surface area contributed by atoms with Gasteiger partial charge in [-0.1, -0.05) is 12.1 Å². The summed E-state index contributed by atoms with van der Waals surface area (Å²) >= 11 is 0. The van der Waals surface area contributed by atoms with Crippen molar-refractivity contribution in [2.24, 2.45) is 7.05 Å². The van der Waals surface area contributed by atoms with Gasteiger partial charge in [0.15, 0.2) is 5.52 Å². The fourth-order valence-electron chi connectivity index (χ4n) is 3.59. The van der Waals surface area contributed by atoms with Crippen LogP contribution in [0.3, 0.4) is 0 Å². The van der Waals surface area contributed by atoms with E-state index in [0.29, 0.717) is 22.7 Å². The summed E-state index contributed by atoms with van der Waals surface area (Å²) in [5.74, 6) is -0.00845. The van der Waals surface area contributed by atoms with Crippen LogP contribution in [0.15, 0.2) is 58.3 Å². The summed E-state index contributed by atoms with van der Waals surface area (Å²) in [6, 6.07) is 10.3. The van der Waals surface area contributed by atoms with Gasteiger partial charge in [0.2, 0.25) is 5.91 Å². The third kappa shape index (κ3) is 4.40. The smallest absolute Gasteiger partial charge is 0.332 e. The van der Waals surface area contributed by atoms with Gasteiger partial charge in [0.25, 0.3) is 5.56 Å². The van der Waals surface area contributed by atoms with Gasteiger partial charge in [0.1, 0.15) is 23.9 Å². The number of hydrogen-bond acceptors (Lipinski definition) is 6. The number of nitrogens with zero attached hydrogens (tertiary/aromatic N) is 4. The Bertz CT molecular complexity index is 1490. The van der Waals surface area contributed by atoms with Crippen LogP contribution < -0.4 is 26.0 Å². The highest BCUT2D eigenvalue weighted by Gasteiger charge is 2.19. The number of aryl methyl sites for hydroxylation is 1. The lowest BCUT2D eigenvalue weighted by Crippen LogP contribution is -2.41. The van der Waals surface area contributed by atoms with E-state index < -0.39 is 23.0 Å². The van der Waals surface area contributed by atoms with Crippen LogP contribution in [-0.4, -0.2) is 39.0 Å². The Hall–Kier alpha value is -4.41. The molecule has 2 heterocycles. The molecule has 0 aliphatic carbocycles. The summed E-state index contributed by atoms with van der Waals surface area (Å²) in [5, 5.41) is 6.88. The van der Waals surface area contributed by atoms with E-state index in [-0.39, 0.29) is 24.1 Å². The molecule has 0 aliphatic heterocycles. The summed E-state index contributed by atoms with van der Waals surface area (Å²) in [7, 11) is 4.58. The number of amides is 1. The quantitative estimate of drug-likeness (QED) is 0.444. The number of methoxy groups -OCH3 is 2. The summed E-state index contributed by atoms with van der Waals surface area (Å²) in [4.78, 5) is 39.1. The maximum Gasteiger partial charge on any atom is 0.332 e. The first-order valence-corrected chi connectivity index (χ1v) is 10.2. The van der Waals surface area contributed by atoms with Crippen molar-refractivity contribution in [3.63, 3.8) is 0 Å². The molecule has 0 saturated carbocycles. The fourth-order valence-corrected chi connectivity index (χ4v) is 3.59. The van der Waals surface area contributed by atoms with E-state index in [1.54, 1.807) is 25.2 Å². The molecule has 0 aliphatic rings. The lowest BCUT2D eigenvalue weighted by Gasteiger charge is -2.14. The van der Waals surface area contributed by atoms with Crippen molar-refractivity contribution in [3.8, 4) is 11.5 Å². The van der Waals surface area contributed by atoms with Crippen LogP contribution in [0.5, 0.6) is 11.5 Å². The molecule has 0 unspecified atom stereocenters. The molecule has 0 atom stereocenters. The first kappa shape index (κ1) is 22.8. The minimum Gasteiger partial charge on any atom is -0.497 e. The first-order chi connectivity index (χ1) is 16.3. The Labute approximate surface area is 192 Å². The maximum absolute atomic E-state index is 13.3. The van der Waals surface area contributed by atoms with E-state index in [1.165, 1.54) is 53.9 Å². The van der Waals surface area contributed by atoms with Crippen molar-refractivity contribution in [1.29, 1.82) is 0 Å². The van der Waals surface area contributed by atoms with E-state index in [2.05, 4.69) is 10.4 Å². The molecule has 11 heteroatoms. The van der Waals surface area contributed by atoms with Gasteiger partial charge < -0.3 is 14.8 Å². The number of halogens is 1. The fraction of sp³-hybridized carbons (Fsp3) is 0.217. The van der Waals surface area contributed by atoms with Gasteiger partial charge in [-0.2, -0.15) is 5.10 Å². The number of nitrogens with one attached hydrogen (secondary N) is 1. The second-order valence-electron chi connectivity index (χ2n) is 7.54. The number of fused-ring (bicyclic) bond motifs is 1. The maximum atomic E-state index is 13.3. The van der Waals surface area contributed by atoms with E-state index in [9.17, 15) is 18.8 Å². The Morgan fingerprint density at radius 1 is 1.06 bits per heavy atom. The topological polar surface area (TPSA) is 109 Å². The van der Waals surface area contributed by atoms with Crippen molar-refractivity contribution in [2.75, 3.05) is 19.5 Å². The molecule has 0 radical (unpaired) electrons. The second kappa shape index (κ2) is 9.22. The lowest BCUT2D eigenvalue weighted by molar-refractivity contribution is -0.116. The van der Waals surface area contributed by atoms with Crippen LogP contribution in [-0.2, 0) is 24.9 Å². The number of carbonyl (C=O) groups is 1. The van der Waals surface area contributed by atoms with Gasteiger partial charge in [0.05, 0.1) is 32.0 Å². The molecule has 176 valence electrons. The highest BCUT2D eigenvalue weighted by molar-refractivity contribution is 5.93. The third-order valence-corrected chi connectivity index (χ3v) is 5.25. The monoisotopic (exact) mass is 467 g/mol. The molecule has 0 saturated heterocycles. The van der Waals surface area contributed by atoms with Crippen molar-refractivity contribution in [1.82, 2.24) is 18.9 Å². The van der Waals surface area contributed by atoms with Crippen molar-refractivity contribution in [2.45, 2.75) is 13.1 Å². The van der Waals surface area contributed by atoms with E-state index >= 15 is 0 Å². The average Bonchev–Trinajstić information content (AvgIpc) is 3.22. The van der Waals surface area contributed by atoms with Crippen LogP contribution >= 0.6 is 0 Å². The predicted octanol–water partition coefficient (Wildman–Crippen LogP) is 1.74. The Kier molecular flexibility index (Phi) is 6.17. The Morgan fingerprint density at radius 2 is 1.79 bits per heavy atom. The number of benzene rings is 2. The zero-order chi connectivity index (χ0) is 24.4. The van der Waals surface area contributed by atoms with Crippen LogP contribution in [0.25, 0.3) is 11.0 Å². The normalized spacial score (nSPS) is 10.9. The highest BCUT2D eigenvalue weighted by Crippen LogP contribution is 2.29. The van der Waals surface area contributed by atoms with Gasteiger partial charge in [-0.3, -0.25) is 23.4 Å². The number of hydrogen-bond donors (Lipinski definition) is 1. The largest absolute Gasteiger partial charge is 0.497 e. The zero-order valence-corrected chi connectivity index (χ0v) is 18.7. The summed E-state index contributed by atoms with van der Waals surface area (Å²) in [5.41, 5.74) is -0.0768. The third-order valence-electron chi connectivity index (χ3n) is 5.25. The predicted molar refractivity (Wildman–Crippen MR) is 123 cm³/mol. The Balaban J connectivity index is 1.72. The van der Waals surface area contributed by atoms with Crippen molar-refractivity contribution < 1.29 is 18.7 Å². The minimum atomic E-state index is -0.688. The summed E-state index contributed by atoms with van der Waals surface area (Å²) < 4.78 is 27.3. The van der Waals surface area contributed by atoms with Crippen molar-refractivity contribution >= 4 is 22.6 Å². The van der Waals surface area contributed by atoms with Crippen LogP contribution in [0.2, 0.25) is 0 Å². The number of anilines is 1. The summed E-state index contributed by atoms with van der Waals surface area (Å²) in [6.45, 7) is -0.474. The number of rotatable bonds is 7. The molecule has 0 bridgehead atoms. The summed E-state index contributed by atoms with van der Waals surface area (Å²) in [6.07, 6.45) is 1.50. The van der Waals surface area contributed by atoms with Crippen molar-refractivity contribution in [3.05, 3.63) is 80.9 Å². The molecule has 0 spiro atoms. The number of ether oxygens (including phenoxy) is 2. The molecule has 0 fully saturated rings. The van der Waals surface area contributed by atoms with Gasteiger partial charge in [-0.25, -0.2) is 9.18 Å². The van der Waals surface area contributed by atoms with Gasteiger partial charge in [-0.05, 0) is 29.8 Å². The van der Waals surface area contributed by atoms with Crippen LogP contribution in [0, 0.1) is 5.82 Å². The second-order valence-corrected chi connectivity index (χ2v) is 7.54. The minimum absolute atomic E-state index is 0.0408. The molecular weight excluding hydrogens is 445 g/mol. The van der Waals surface area contributed by atoms with E-state index in [1.807, 2.05) is 0 Å². The number of carbonyl (C=O) groups excluding carboxylic acids is 1. The lowest BCUT2D eigenvalue weighted by atomic mass is 10.2. The molecule has 1 amide bonds. The first-order valence-electron chi connectivity index (χ1n) is 10.2. The van der Waals surface area contributed by atoms with Gasteiger partial charge in [0, 0.05) is 19.3 Å². The highest BCUT2D eigenvalue weighted by atomic mass is 19.1. The number of aromatic nitrogens is 4. The molecule has 10 nitrogen and oxygen atoms in total. The standard InChI is InChI=1S/C23H22FN5O5/c1-27-12-18-21(26-27)22(31)29(11-14-4-6-15(24)7-5-14)23(32)28(18)13-20(30)25-17-9-8-16(33-2)10-19(17)34-3/h4-10,12H,11,13H2,1-3H3,(H,25,30). The van der Waals surface area contributed by atoms with E-state index in [4.69, 9.17) is 9.47 Å². The molecule has 2 aromatic heterocycles. The zero-order valence-electron chi connectivity index (χ0n) is 18.7. The van der Waals surface area contributed by atoms with Gasteiger partial charge in [-0.15, -0.1) is 0 Å². The molecule has 2 aromatic carbocycles. The molecule has 1 N–H and O–H groups in total. The van der Waals surface area contributed by atoms with Crippen LogP contribution in [0.1, 0.15) is 5.56 Å². The van der Waals surface area contributed by atoms with E-state index in [0.717, 1.165) is 4.57 Å². The Morgan fingerprint density at radius 3 is 2.47 bits per heavy atom. The molecular formula is C23H22FN5O5.